The molecule has 0 aliphatic heterocycles. The lowest BCUT2D eigenvalue weighted by Gasteiger charge is -2.20. The number of nitrogens with one attached hydrogen (secondary N) is 2. The molecule has 8 heteroatoms. The Balaban J connectivity index is 1.82. The molecular weight excluding hydrogens is 383 g/mol. The van der Waals surface area contributed by atoms with Gasteiger partial charge >= 0.3 is 6.18 Å². The first-order valence-electron chi connectivity index (χ1n) is 9.30. The van der Waals surface area contributed by atoms with Crippen LogP contribution in [0.4, 0.5) is 19.0 Å². The second-order valence-electron chi connectivity index (χ2n) is 7.64. The van der Waals surface area contributed by atoms with Crippen molar-refractivity contribution >= 4 is 17.6 Å². The van der Waals surface area contributed by atoms with E-state index < -0.39 is 23.2 Å². The molecule has 1 aromatic heterocycles. The van der Waals surface area contributed by atoms with Crippen LogP contribution in [0.15, 0.2) is 36.4 Å². The summed E-state index contributed by atoms with van der Waals surface area (Å²) in [5.74, 6) is -0.634. The van der Waals surface area contributed by atoms with Gasteiger partial charge < -0.3 is 10.6 Å². The fraction of sp³-hybridized carbons (Fsp3) is 0.381. The van der Waals surface area contributed by atoms with E-state index in [9.17, 15) is 22.8 Å². The molecule has 3 rings (SSSR count). The zero-order valence-corrected chi connectivity index (χ0v) is 16.4. The van der Waals surface area contributed by atoms with Crippen LogP contribution >= 0.6 is 0 Å². The standard InChI is InChI=1S/C21H22F3N3O2/c1-12(2)18(28)26-17-10-14(9-13(3)25-17)19(29)27-20(7-8-20)15-5-4-6-16(11-15)21(22,23)24/h4-6,9-12H,7-8H2,1-3H3,(H,27,29)(H,25,26,28). The van der Waals surface area contributed by atoms with Crippen molar-refractivity contribution in [2.24, 2.45) is 5.92 Å². The van der Waals surface area contributed by atoms with Gasteiger partial charge in [0.25, 0.3) is 5.91 Å². The number of halogens is 3. The summed E-state index contributed by atoms with van der Waals surface area (Å²) in [6, 6.07) is 8.07. The van der Waals surface area contributed by atoms with E-state index in [0.717, 1.165) is 12.1 Å². The first-order chi connectivity index (χ1) is 13.5. The number of anilines is 1. The molecule has 1 heterocycles. The molecule has 0 spiro atoms. The Morgan fingerprint density at radius 2 is 1.83 bits per heavy atom. The lowest BCUT2D eigenvalue weighted by molar-refractivity contribution is -0.137. The van der Waals surface area contributed by atoms with Crippen molar-refractivity contribution in [1.29, 1.82) is 0 Å². The molecule has 29 heavy (non-hydrogen) atoms. The number of pyridine rings is 1. The molecule has 154 valence electrons. The lowest BCUT2D eigenvalue weighted by atomic mass is 10.0. The maximum absolute atomic E-state index is 13.0. The molecule has 0 atom stereocenters. The second kappa shape index (κ2) is 7.50. The Morgan fingerprint density at radius 3 is 2.41 bits per heavy atom. The summed E-state index contributed by atoms with van der Waals surface area (Å²) < 4.78 is 39.1. The number of alkyl halides is 3. The third-order valence-corrected chi connectivity index (χ3v) is 4.84. The lowest BCUT2D eigenvalue weighted by Crippen LogP contribution is -2.35. The summed E-state index contributed by atoms with van der Waals surface area (Å²) in [5, 5.41) is 5.52. The maximum atomic E-state index is 13.0. The molecule has 0 unspecified atom stereocenters. The fourth-order valence-corrected chi connectivity index (χ4v) is 3.03. The van der Waals surface area contributed by atoms with Crippen molar-refractivity contribution in [3.8, 4) is 0 Å². The highest BCUT2D eigenvalue weighted by Gasteiger charge is 2.46. The minimum atomic E-state index is -4.44. The zero-order valence-electron chi connectivity index (χ0n) is 16.4. The Kier molecular flexibility index (Phi) is 5.38. The predicted octanol–water partition coefficient (Wildman–Crippen LogP) is 4.42. The number of hydrogen-bond acceptors (Lipinski definition) is 3. The molecule has 0 radical (unpaired) electrons. The third kappa shape index (κ3) is 4.75. The number of hydrogen-bond donors (Lipinski definition) is 2. The van der Waals surface area contributed by atoms with Gasteiger partial charge in [-0.2, -0.15) is 13.2 Å². The van der Waals surface area contributed by atoms with Crippen LogP contribution in [-0.2, 0) is 16.5 Å². The quantitative estimate of drug-likeness (QED) is 0.774. The van der Waals surface area contributed by atoms with Gasteiger partial charge in [0.15, 0.2) is 0 Å². The van der Waals surface area contributed by atoms with Crippen molar-refractivity contribution in [1.82, 2.24) is 10.3 Å². The summed E-state index contributed by atoms with van der Waals surface area (Å²) in [6.45, 7) is 5.18. The number of benzene rings is 1. The Hall–Kier alpha value is -2.90. The number of amides is 2. The normalized spacial score (nSPS) is 15.1. The summed E-state index contributed by atoms with van der Waals surface area (Å²) in [5.41, 5.74) is -0.291. The fourth-order valence-electron chi connectivity index (χ4n) is 3.03. The molecular formula is C21H22F3N3O2. The van der Waals surface area contributed by atoms with Gasteiger partial charge in [-0.1, -0.05) is 26.0 Å². The molecule has 1 aliphatic rings. The Bertz CT molecular complexity index is 950. The van der Waals surface area contributed by atoms with Crippen LogP contribution in [0, 0.1) is 12.8 Å². The molecule has 1 saturated carbocycles. The largest absolute Gasteiger partial charge is 0.416 e. The average Bonchev–Trinajstić information content (AvgIpc) is 3.41. The van der Waals surface area contributed by atoms with E-state index in [2.05, 4.69) is 15.6 Å². The van der Waals surface area contributed by atoms with Gasteiger partial charge in [-0.3, -0.25) is 9.59 Å². The SMILES string of the molecule is Cc1cc(C(=O)NC2(c3cccc(C(F)(F)F)c3)CC2)cc(NC(=O)C(C)C)n1. The van der Waals surface area contributed by atoms with E-state index in [1.54, 1.807) is 32.9 Å². The third-order valence-electron chi connectivity index (χ3n) is 4.84. The van der Waals surface area contributed by atoms with Crippen LogP contribution in [-0.4, -0.2) is 16.8 Å². The summed E-state index contributed by atoms with van der Waals surface area (Å²) >= 11 is 0. The maximum Gasteiger partial charge on any atom is 0.416 e. The van der Waals surface area contributed by atoms with Crippen LogP contribution in [0.25, 0.3) is 0 Å². The van der Waals surface area contributed by atoms with E-state index in [4.69, 9.17) is 0 Å². The highest BCUT2D eigenvalue weighted by molar-refractivity contribution is 5.97. The van der Waals surface area contributed by atoms with Crippen molar-refractivity contribution < 1.29 is 22.8 Å². The summed E-state index contributed by atoms with van der Waals surface area (Å²) in [6.07, 6.45) is -3.33. The van der Waals surface area contributed by atoms with Crippen LogP contribution in [0.1, 0.15) is 53.9 Å². The van der Waals surface area contributed by atoms with E-state index in [1.165, 1.54) is 12.1 Å². The van der Waals surface area contributed by atoms with Gasteiger partial charge in [-0.15, -0.1) is 0 Å². The van der Waals surface area contributed by atoms with Gasteiger partial charge in [0.05, 0.1) is 11.1 Å². The van der Waals surface area contributed by atoms with Crippen molar-refractivity contribution in [3.05, 3.63) is 58.8 Å². The molecule has 0 bridgehead atoms. The zero-order chi connectivity index (χ0) is 21.4. The van der Waals surface area contributed by atoms with Crippen molar-refractivity contribution in [3.63, 3.8) is 0 Å². The number of rotatable bonds is 5. The van der Waals surface area contributed by atoms with Crippen LogP contribution in [0.3, 0.4) is 0 Å². The number of aromatic nitrogens is 1. The number of carbonyl (C=O) groups is 2. The second-order valence-corrected chi connectivity index (χ2v) is 7.64. The first kappa shape index (κ1) is 20.8. The molecule has 1 aromatic carbocycles. The summed E-state index contributed by atoms with van der Waals surface area (Å²) in [7, 11) is 0. The van der Waals surface area contributed by atoms with E-state index >= 15 is 0 Å². The molecule has 5 nitrogen and oxygen atoms in total. The Morgan fingerprint density at radius 1 is 1.14 bits per heavy atom. The molecule has 1 aliphatic carbocycles. The topological polar surface area (TPSA) is 71.1 Å². The number of aryl methyl sites for hydroxylation is 1. The van der Waals surface area contributed by atoms with Crippen LogP contribution in [0.5, 0.6) is 0 Å². The minimum absolute atomic E-state index is 0.225. The van der Waals surface area contributed by atoms with Crippen molar-refractivity contribution in [2.45, 2.75) is 45.3 Å². The molecule has 2 aromatic rings. The van der Waals surface area contributed by atoms with Crippen LogP contribution in [0.2, 0.25) is 0 Å². The monoisotopic (exact) mass is 405 g/mol. The molecule has 1 fully saturated rings. The summed E-state index contributed by atoms with van der Waals surface area (Å²) in [4.78, 5) is 28.9. The van der Waals surface area contributed by atoms with Gasteiger partial charge in [0.1, 0.15) is 5.82 Å². The molecule has 2 amide bonds. The van der Waals surface area contributed by atoms with Gasteiger partial charge in [-0.25, -0.2) is 4.98 Å². The smallest absolute Gasteiger partial charge is 0.343 e. The number of nitrogens with zero attached hydrogens (tertiary/aromatic N) is 1. The Labute approximate surface area is 166 Å². The number of carbonyl (C=O) groups excluding carboxylic acids is 2. The first-order valence-corrected chi connectivity index (χ1v) is 9.30. The minimum Gasteiger partial charge on any atom is -0.343 e. The molecule has 0 saturated heterocycles. The highest BCUT2D eigenvalue weighted by atomic mass is 19.4. The van der Waals surface area contributed by atoms with E-state index in [-0.39, 0.29) is 23.2 Å². The average molecular weight is 405 g/mol. The van der Waals surface area contributed by atoms with Crippen LogP contribution < -0.4 is 10.6 Å². The van der Waals surface area contributed by atoms with Gasteiger partial charge in [0, 0.05) is 17.2 Å². The predicted molar refractivity (Wildman–Crippen MR) is 102 cm³/mol. The van der Waals surface area contributed by atoms with Gasteiger partial charge in [0.2, 0.25) is 5.91 Å². The van der Waals surface area contributed by atoms with E-state index in [1.807, 2.05) is 0 Å². The van der Waals surface area contributed by atoms with Crippen molar-refractivity contribution in [2.75, 3.05) is 5.32 Å². The van der Waals surface area contributed by atoms with E-state index in [0.29, 0.717) is 24.1 Å². The molecule has 2 N–H and O–H groups in total. The highest BCUT2D eigenvalue weighted by Crippen LogP contribution is 2.46. The van der Waals surface area contributed by atoms with Gasteiger partial charge in [-0.05, 0) is 49.6 Å².